The molecule has 4 heteroatoms. The summed E-state index contributed by atoms with van der Waals surface area (Å²) >= 11 is 0. The molecule has 1 heterocycles. The highest BCUT2D eigenvalue weighted by Gasteiger charge is 2.36. The average molecular weight is 273 g/mol. The third kappa shape index (κ3) is 1.99. The van der Waals surface area contributed by atoms with E-state index in [-0.39, 0.29) is 5.41 Å². The van der Waals surface area contributed by atoms with Crippen LogP contribution in [0.3, 0.4) is 0 Å². The van der Waals surface area contributed by atoms with Gasteiger partial charge in [0.15, 0.2) is 0 Å². The smallest absolute Gasteiger partial charge is 0.121 e. The molecule has 0 radical (unpaired) electrons. The van der Waals surface area contributed by atoms with Crippen LogP contribution in [0.25, 0.3) is 11.0 Å². The molecule has 0 aliphatic heterocycles. The molecular formula is C16H23N3O. The van der Waals surface area contributed by atoms with Gasteiger partial charge in [-0.25, -0.2) is 4.98 Å². The lowest BCUT2D eigenvalue weighted by molar-refractivity contribution is 0.281. The number of methoxy groups -OCH3 is 1. The summed E-state index contributed by atoms with van der Waals surface area (Å²) in [5, 5.41) is 0. The van der Waals surface area contributed by atoms with Crippen LogP contribution < -0.4 is 10.5 Å². The van der Waals surface area contributed by atoms with Crippen LogP contribution in [0.2, 0.25) is 0 Å². The number of nitrogens with zero attached hydrogens (tertiary/aromatic N) is 2. The predicted molar refractivity (Wildman–Crippen MR) is 81.1 cm³/mol. The van der Waals surface area contributed by atoms with E-state index < -0.39 is 0 Å². The van der Waals surface area contributed by atoms with Crippen molar-refractivity contribution in [2.75, 3.05) is 13.7 Å². The van der Waals surface area contributed by atoms with Gasteiger partial charge in [0, 0.05) is 25.1 Å². The Labute approximate surface area is 119 Å². The first-order chi connectivity index (χ1) is 9.70. The van der Waals surface area contributed by atoms with E-state index in [2.05, 4.69) is 17.7 Å². The molecule has 1 aliphatic carbocycles. The van der Waals surface area contributed by atoms with Gasteiger partial charge in [-0.2, -0.15) is 0 Å². The van der Waals surface area contributed by atoms with Gasteiger partial charge in [-0.05, 0) is 25.0 Å². The van der Waals surface area contributed by atoms with Crippen molar-refractivity contribution in [2.45, 2.75) is 37.5 Å². The third-order valence-corrected chi connectivity index (χ3v) is 4.76. The lowest BCUT2D eigenvalue weighted by Gasteiger charge is -2.35. The Morgan fingerprint density at radius 1 is 1.30 bits per heavy atom. The molecule has 3 rings (SSSR count). The van der Waals surface area contributed by atoms with Crippen LogP contribution in [0, 0.1) is 0 Å². The van der Waals surface area contributed by atoms with Crippen molar-refractivity contribution < 1.29 is 4.74 Å². The van der Waals surface area contributed by atoms with Crippen molar-refractivity contribution >= 4 is 11.0 Å². The number of hydrogen-bond acceptors (Lipinski definition) is 3. The zero-order chi connectivity index (χ0) is 14.2. The summed E-state index contributed by atoms with van der Waals surface area (Å²) in [5.74, 6) is 2.00. The van der Waals surface area contributed by atoms with Crippen molar-refractivity contribution in [1.29, 1.82) is 0 Å². The maximum Gasteiger partial charge on any atom is 0.121 e. The number of benzene rings is 1. The van der Waals surface area contributed by atoms with Crippen LogP contribution in [-0.2, 0) is 12.5 Å². The predicted octanol–water partition coefficient (Wildman–Crippen LogP) is 2.74. The molecule has 20 heavy (non-hydrogen) atoms. The van der Waals surface area contributed by atoms with Crippen LogP contribution in [0.5, 0.6) is 5.75 Å². The lowest BCUT2D eigenvalue weighted by atomic mass is 9.73. The molecule has 0 spiro atoms. The van der Waals surface area contributed by atoms with Crippen molar-refractivity contribution in [3.8, 4) is 5.75 Å². The molecule has 0 saturated heterocycles. The highest BCUT2D eigenvalue weighted by molar-refractivity contribution is 5.78. The minimum Gasteiger partial charge on any atom is -0.497 e. The van der Waals surface area contributed by atoms with Crippen molar-refractivity contribution in [3.63, 3.8) is 0 Å². The second-order valence-corrected chi connectivity index (χ2v) is 5.89. The Bertz CT molecular complexity index is 611. The molecule has 108 valence electrons. The topological polar surface area (TPSA) is 53.1 Å². The Balaban J connectivity index is 2.12. The van der Waals surface area contributed by atoms with Crippen LogP contribution >= 0.6 is 0 Å². The van der Waals surface area contributed by atoms with Gasteiger partial charge >= 0.3 is 0 Å². The van der Waals surface area contributed by atoms with E-state index in [0.717, 1.165) is 35.4 Å². The zero-order valence-electron chi connectivity index (χ0n) is 12.4. The zero-order valence-corrected chi connectivity index (χ0v) is 12.4. The Kier molecular flexibility index (Phi) is 3.42. The lowest BCUT2D eigenvalue weighted by Crippen LogP contribution is -2.39. The number of imidazole rings is 1. The van der Waals surface area contributed by atoms with E-state index in [4.69, 9.17) is 15.5 Å². The monoisotopic (exact) mass is 273 g/mol. The molecule has 1 aromatic carbocycles. The molecule has 0 amide bonds. The van der Waals surface area contributed by atoms with Gasteiger partial charge in [0.2, 0.25) is 0 Å². The van der Waals surface area contributed by atoms with Crippen molar-refractivity contribution in [2.24, 2.45) is 12.8 Å². The molecule has 0 atom stereocenters. The number of aromatic nitrogens is 2. The minimum absolute atomic E-state index is 0.0548. The SMILES string of the molecule is COc1ccc2c(c1)nc(C1(CN)CCCCC1)n2C. The first kappa shape index (κ1) is 13.4. The fourth-order valence-electron chi connectivity index (χ4n) is 3.53. The van der Waals surface area contributed by atoms with Gasteiger partial charge in [-0.1, -0.05) is 19.3 Å². The first-order valence-electron chi connectivity index (χ1n) is 7.41. The van der Waals surface area contributed by atoms with Gasteiger partial charge in [-0.3, -0.25) is 0 Å². The second kappa shape index (κ2) is 5.09. The van der Waals surface area contributed by atoms with E-state index in [1.54, 1.807) is 7.11 Å². The summed E-state index contributed by atoms with van der Waals surface area (Å²) in [6.07, 6.45) is 6.13. The molecule has 1 aliphatic rings. The normalized spacial score (nSPS) is 18.4. The van der Waals surface area contributed by atoms with Gasteiger partial charge in [0.1, 0.15) is 11.6 Å². The first-order valence-corrected chi connectivity index (χ1v) is 7.41. The number of nitrogens with two attached hydrogens (primary N) is 1. The number of hydrogen-bond donors (Lipinski definition) is 1. The van der Waals surface area contributed by atoms with Crippen LogP contribution in [-0.4, -0.2) is 23.2 Å². The summed E-state index contributed by atoms with van der Waals surface area (Å²) in [5.41, 5.74) is 8.35. The standard InChI is InChI=1S/C16H23N3O/c1-19-14-7-6-12(20-2)10-13(14)18-15(19)16(11-17)8-4-3-5-9-16/h6-7,10H,3-5,8-9,11,17H2,1-2H3. The van der Waals surface area contributed by atoms with E-state index in [1.165, 1.54) is 19.3 Å². The van der Waals surface area contributed by atoms with Crippen molar-refractivity contribution in [3.05, 3.63) is 24.0 Å². The third-order valence-electron chi connectivity index (χ3n) is 4.76. The van der Waals surface area contributed by atoms with Crippen molar-refractivity contribution in [1.82, 2.24) is 9.55 Å². The molecule has 0 unspecified atom stereocenters. The van der Waals surface area contributed by atoms with Gasteiger partial charge in [0.05, 0.1) is 18.1 Å². The molecule has 1 fully saturated rings. The van der Waals surface area contributed by atoms with E-state index >= 15 is 0 Å². The Morgan fingerprint density at radius 2 is 2.05 bits per heavy atom. The summed E-state index contributed by atoms with van der Waals surface area (Å²) < 4.78 is 7.51. The number of rotatable bonds is 3. The summed E-state index contributed by atoms with van der Waals surface area (Å²) in [7, 11) is 3.79. The van der Waals surface area contributed by atoms with Gasteiger partial charge in [0.25, 0.3) is 0 Å². The molecule has 4 nitrogen and oxygen atoms in total. The second-order valence-electron chi connectivity index (χ2n) is 5.89. The quantitative estimate of drug-likeness (QED) is 0.935. The fourth-order valence-corrected chi connectivity index (χ4v) is 3.53. The number of aryl methyl sites for hydroxylation is 1. The van der Waals surface area contributed by atoms with Gasteiger partial charge in [-0.15, -0.1) is 0 Å². The molecule has 1 saturated carbocycles. The summed E-state index contributed by atoms with van der Waals surface area (Å²) in [4.78, 5) is 4.89. The van der Waals surface area contributed by atoms with Crippen LogP contribution in [0.1, 0.15) is 37.9 Å². The van der Waals surface area contributed by atoms with E-state index in [1.807, 2.05) is 12.1 Å². The molecule has 1 aromatic heterocycles. The number of ether oxygens (including phenoxy) is 1. The maximum absolute atomic E-state index is 6.14. The molecule has 2 aromatic rings. The highest BCUT2D eigenvalue weighted by Crippen LogP contribution is 2.39. The van der Waals surface area contributed by atoms with Gasteiger partial charge < -0.3 is 15.0 Å². The average Bonchev–Trinajstić information content (AvgIpc) is 2.85. The largest absolute Gasteiger partial charge is 0.497 e. The Morgan fingerprint density at radius 3 is 2.70 bits per heavy atom. The molecule has 2 N–H and O–H groups in total. The van der Waals surface area contributed by atoms with Crippen LogP contribution in [0.4, 0.5) is 0 Å². The fraction of sp³-hybridized carbons (Fsp3) is 0.562. The molecular weight excluding hydrogens is 250 g/mol. The summed E-state index contributed by atoms with van der Waals surface area (Å²) in [6.45, 7) is 0.682. The maximum atomic E-state index is 6.14. The number of fused-ring (bicyclic) bond motifs is 1. The summed E-state index contributed by atoms with van der Waals surface area (Å²) in [6, 6.07) is 6.08. The van der Waals surface area contributed by atoms with Crippen LogP contribution in [0.15, 0.2) is 18.2 Å². The Hall–Kier alpha value is -1.55. The minimum atomic E-state index is 0.0548. The van der Waals surface area contributed by atoms with E-state index in [9.17, 15) is 0 Å². The van der Waals surface area contributed by atoms with E-state index in [0.29, 0.717) is 6.54 Å². The highest BCUT2D eigenvalue weighted by atomic mass is 16.5. The molecule has 0 bridgehead atoms.